The van der Waals surface area contributed by atoms with Gasteiger partial charge in [-0.1, -0.05) is 0 Å². The van der Waals surface area contributed by atoms with Gasteiger partial charge in [-0.2, -0.15) is 0 Å². The van der Waals surface area contributed by atoms with Crippen molar-refractivity contribution in [3.05, 3.63) is 24.2 Å². The van der Waals surface area contributed by atoms with Crippen LogP contribution >= 0.6 is 0 Å². The molecule has 0 aromatic carbocycles. The number of hydrogen-bond acceptors (Lipinski definition) is 4. The van der Waals surface area contributed by atoms with Crippen molar-refractivity contribution in [3.63, 3.8) is 0 Å². The Hall–Kier alpha value is -1.33. The zero-order chi connectivity index (χ0) is 13.9. The maximum atomic E-state index is 12.6. The summed E-state index contributed by atoms with van der Waals surface area (Å²) in [5.74, 6) is 0.149. The van der Waals surface area contributed by atoms with Gasteiger partial charge in [0.05, 0.1) is 18.1 Å². The summed E-state index contributed by atoms with van der Waals surface area (Å²) in [6.45, 7) is 8.32. The molecule has 2 heterocycles. The van der Waals surface area contributed by atoms with Gasteiger partial charge in [-0.05, 0) is 19.9 Å². The van der Waals surface area contributed by atoms with E-state index in [1.54, 1.807) is 17.4 Å². The van der Waals surface area contributed by atoms with Crippen molar-refractivity contribution < 1.29 is 9.21 Å². The van der Waals surface area contributed by atoms with Crippen molar-refractivity contribution in [1.29, 1.82) is 0 Å². The first-order chi connectivity index (χ1) is 9.01. The fourth-order valence-corrected chi connectivity index (χ4v) is 2.55. The van der Waals surface area contributed by atoms with Crippen molar-refractivity contribution in [1.82, 2.24) is 15.1 Å². The lowest BCUT2D eigenvalue weighted by Crippen LogP contribution is -2.60. The van der Waals surface area contributed by atoms with E-state index in [1.165, 1.54) is 0 Å². The predicted octanol–water partition coefficient (Wildman–Crippen LogP) is 0.922. The molecule has 19 heavy (non-hydrogen) atoms. The third-order valence-electron chi connectivity index (χ3n) is 3.78. The molecule has 0 saturated carbocycles. The van der Waals surface area contributed by atoms with E-state index in [-0.39, 0.29) is 5.91 Å². The minimum Gasteiger partial charge on any atom is -0.472 e. The fraction of sp³-hybridized carbons (Fsp3) is 0.643. The number of nitrogens with zero attached hydrogens (tertiary/aromatic N) is 2. The first-order valence-electron chi connectivity index (χ1n) is 6.74. The van der Waals surface area contributed by atoms with E-state index in [0.717, 1.165) is 31.7 Å². The van der Waals surface area contributed by atoms with E-state index in [9.17, 15) is 4.79 Å². The second kappa shape index (κ2) is 5.75. The van der Waals surface area contributed by atoms with Gasteiger partial charge in [-0.15, -0.1) is 0 Å². The van der Waals surface area contributed by atoms with Crippen LogP contribution in [-0.4, -0.2) is 54.5 Å². The highest BCUT2D eigenvalue weighted by Crippen LogP contribution is 2.19. The Labute approximate surface area is 114 Å². The quantitative estimate of drug-likeness (QED) is 0.879. The van der Waals surface area contributed by atoms with Crippen LogP contribution < -0.4 is 5.32 Å². The number of likely N-dealkylation sites (N-methyl/N-ethyl adjacent to an activating group) is 1. The second-order valence-electron chi connectivity index (χ2n) is 5.59. The maximum Gasteiger partial charge on any atom is 0.242 e. The average Bonchev–Trinajstić information content (AvgIpc) is 2.91. The summed E-state index contributed by atoms with van der Waals surface area (Å²) in [5, 5.41) is 3.31. The van der Waals surface area contributed by atoms with Crippen LogP contribution in [0.1, 0.15) is 19.4 Å². The molecule has 0 bridgehead atoms. The van der Waals surface area contributed by atoms with Crippen LogP contribution in [0.15, 0.2) is 23.0 Å². The monoisotopic (exact) mass is 265 g/mol. The minimum atomic E-state index is -0.458. The molecule has 0 atom stereocenters. The van der Waals surface area contributed by atoms with Crippen molar-refractivity contribution in [2.45, 2.75) is 25.9 Å². The Bertz CT molecular complexity index is 408. The van der Waals surface area contributed by atoms with E-state index < -0.39 is 5.54 Å². The summed E-state index contributed by atoms with van der Waals surface area (Å²) in [5.41, 5.74) is 0.563. The smallest absolute Gasteiger partial charge is 0.242 e. The normalized spacial score (nSPS) is 17.4. The number of carbonyl (C=O) groups excluding carboxylic acids is 1. The molecule has 1 aliphatic heterocycles. The van der Waals surface area contributed by atoms with Crippen LogP contribution in [0.4, 0.5) is 0 Å². The number of carbonyl (C=O) groups is 1. The molecule has 5 nitrogen and oxygen atoms in total. The van der Waals surface area contributed by atoms with Crippen LogP contribution in [0.3, 0.4) is 0 Å². The Balaban J connectivity index is 2.00. The third-order valence-corrected chi connectivity index (χ3v) is 3.78. The largest absolute Gasteiger partial charge is 0.472 e. The van der Waals surface area contributed by atoms with E-state index >= 15 is 0 Å². The third kappa shape index (κ3) is 3.16. The fourth-order valence-electron chi connectivity index (χ4n) is 2.55. The van der Waals surface area contributed by atoms with Gasteiger partial charge < -0.3 is 14.6 Å². The number of hydrogen-bond donors (Lipinski definition) is 1. The Morgan fingerprint density at radius 3 is 2.74 bits per heavy atom. The van der Waals surface area contributed by atoms with Crippen LogP contribution in [0.25, 0.3) is 0 Å². The Morgan fingerprint density at radius 1 is 1.47 bits per heavy atom. The number of furan rings is 1. The van der Waals surface area contributed by atoms with E-state index in [1.807, 2.05) is 27.0 Å². The van der Waals surface area contributed by atoms with E-state index in [2.05, 4.69) is 10.2 Å². The summed E-state index contributed by atoms with van der Waals surface area (Å²) in [4.78, 5) is 16.6. The average molecular weight is 265 g/mol. The van der Waals surface area contributed by atoms with E-state index in [0.29, 0.717) is 6.54 Å². The van der Waals surface area contributed by atoms with Crippen molar-refractivity contribution in [2.75, 3.05) is 33.2 Å². The summed E-state index contributed by atoms with van der Waals surface area (Å²) in [7, 11) is 1.85. The molecular formula is C14H23N3O2. The van der Waals surface area contributed by atoms with Gasteiger partial charge in [0.2, 0.25) is 5.91 Å². The molecule has 0 unspecified atom stereocenters. The van der Waals surface area contributed by atoms with Gasteiger partial charge >= 0.3 is 0 Å². The van der Waals surface area contributed by atoms with Crippen LogP contribution in [0.5, 0.6) is 0 Å². The lowest BCUT2D eigenvalue weighted by Gasteiger charge is -2.41. The molecule has 1 aromatic rings. The molecule has 2 rings (SSSR count). The van der Waals surface area contributed by atoms with Crippen molar-refractivity contribution in [2.24, 2.45) is 0 Å². The summed E-state index contributed by atoms with van der Waals surface area (Å²) < 4.78 is 5.04. The van der Waals surface area contributed by atoms with E-state index in [4.69, 9.17) is 4.42 Å². The number of piperazine rings is 1. The number of nitrogens with one attached hydrogen (secondary N) is 1. The SMILES string of the molecule is CN(Cc1ccoc1)C(=O)C(C)(C)N1CCNCC1. The topological polar surface area (TPSA) is 48.7 Å². The van der Waals surface area contributed by atoms with Gasteiger partial charge in [-0.25, -0.2) is 0 Å². The maximum absolute atomic E-state index is 12.6. The molecule has 0 radical (unpaired) electrons. The molecule has 5 heteroatoms. The van der Waals surface area contributed by atoms with Crippen LogP contribution in [-0.2, 0) is 11.3 Å². The molecule has 0 aliphatic carbocycles. The molecule has 1 saturated heterocycles. The summed E-state index contributed by atoms with van der Waals surface area (Å²) in [6, 6.07) is 1.89. The highest BCUT2D eigenvalue weighted by atomic mass is 16.3. The molecule has 106 valence electrons. The van der Waals surface area contributed by atoms with Crippen LogP contribution in [0.2, 0.25) is 0 Å². The molecule has 1 fully saturated rings. The lowest BCUT2D eigenvalue weighted by molar-refractivity contribution is -0.142. The Kier molecular flexibility index (Phi) is 4.27. The highest BCUT2D eigenvalue weighted by Gasteiger charge is 2.37. The summed E-state index contributed by atoms with van der Waals surface area (Å²) in [6.07, 6.45) is 3.32. The molecule has 1 aliphatic rings. The van der Waals surface area contributed by atoms with Crippen molar-refractivity contribution >= 4 is 5.91 Å². The lowest BCUT2D eigenvalue weighted by atomic mass is 9.99. The number of amides is 1. The minimum absolute atomic E-state index is 0.149. The molecule has 1 N–H and O–H groups in total. The van der Waals surface area contributed by atoms with Gasteiger partial charge in [0.25, 0.3) is 0 Å². The van der Waals surface area contributed by atoms with Gasteiger partial charge in [0, 0.05) is 45.3 Å². The predicted molar refractivity (Wildman–Crippen MR) is 73.7 cm³/mol. The molecular weight excluding hydrogens is 242 g/mol. The van der Waals surface area contributed by atoms with Gasteiger partial charge in [-0.3, -0.25) is 9.69 Å². The first kappa shape index (κ1) is 14.1. The summed E-state index contributed by atoms with van der Waals surface area (Å²) >= 11 is 0. The molecule has 1 amide bonds. The van der Waals surface area contributed by atoms with Crippen LogP contribution in [0, 0.1) is 0 Å². The second-order valence-corrected chi connectivity index (χ2v) is 5.59. The first-order valence-corrected chi connectivity index (χ1v) is 6.74. The number of rotatable bonds is 4. The van der Waals surface area contributed by atoms with Gasteiger partial charge in [0.1, 0.15) is 0 Å². The zero-order valence-electron chi connectivity index (χ0n) is 12.0. The highest BCUT2D eigenvalue weighted by molar-refractivity contribution is 5.85. The molecule has 0 spiro atoms. The molecule has 1 aromatic heterocycles. The Morgan fingerprint density at radius 2 is 2.16 bits per heavy atom. The van der Waals surface area contributed by atoms with Crippen molar-refractivity contribution in [3.8, 4) is 0 Å². The standard InChI is InChI=1S/C14H23N3O2/c1-14(2,17-7-5-15-6-8-17)13(18)16(3)10-12-4-9-19-11-12/h4,9,11,15H,5-8,10H2,1-3H3. The van der Waals surface area contributed by atoms with Gasteiger partial charge in [0.15, 0.2) is 0 Å². The zero-order valence-corrected chi connectivity index (χ0v) is 12.0.